The molecule has 0 radical (unpaired) electrons. The summed E-state index contributed by atoms with van der Waals surface area (Å²) in [5, 5.41) is 3.01. The molecule has 0 spiro atoms. The molecule has 1 aliphatic heterocycles. The lowest BCUT2D eigenvalue weighted by molar-refractivity contribution is -0.137. The molecule has 2 rings (SSSR count). The molecule has 0 aliphatic carbocycles. The summed E-state index contributed by atoms with van der Waals surface area (Å²) in [6.07, 6.45) is -3.79. The maximum absolute atomic E-state index is 12.6. The van der Waals surface area contributed by atoms with Crippen molar-refractivity contribution in [2.24, 2.45) is 0 Å². The Morgan fingerprint density at radius 2 is 2.05 bits per heavy atom. The van der Waals surface area contributed by atoms with E-state index < -0.39 is 27.5 Å². The molecule has 1 aliphatic rings. The number of hydrogen-bond acceptors (Lipinski definition) is 3. The van der Waals surface area contributed by atoms with Crippen LogP contribution in [0.3, 0.4) is 0 Å². The average molecular weight is 345 g/mol. The Bertz CT molecular complexity index is 572. The maximum Gasteiger partial charge on any atom is 0.416 e. The van der Waals surface area contributed by atoms with E-state index in [1.54, 1.807) is 0 Å². The zero-order valence-electron chi connectivity index (χ0n) is 11.0. The van der Waals surface area contributed by atoms with Gasteiger partial charge in [-0.25, -0.2) is 13.1 Å². The molecule has 1 fully saturated rings. The van der Waals surface area contributed by atoms with E-state index in [9.17, 15) is 21.6 Å². The van der Waals surface area contributed by atoms with Gasteiger partial charge in [0.15, 0.2) is 0 Å². The molecule has 9 heteroatoms. The smallest absolute Gasteiger partial charge is 0.315 e. The summed E-state index contributed by atoms with van der Waals surface area (Å²) in [4.78, 5) is 0. The van der Waals surface area contributed by atoms with Crippen LogP contribution in [-0.4, -0.2) is 27.5 Å². The van der Waals surface area contributed by atoms with Crippen LogP contribution >= 0.6 is 12.4 Å². The standard InChI is InChI=1S/C12H15F3N2O2S.ClH/c13-12(14,15)10-3-1-2-9(6-10)8-20(18,19)17-11-4-5-16-7-11;/h1-3,6,11,16-17H,4-5,7-8H2;1H. The van der Waals surface area contributed by atoms with Crippen molar-refractivity contribution in [1.82, 2.24) is 10.0 Å². The van der Waals surface area contributed by atoms with Crippen LogP contribution < -0.4 is 10.0 Å². The minimum absolute atomic E-state index is 0. The second-order valence-corrected chi connectivity index (χ2v) is 6.52. The van der Waals surface area contributed by atoms with Crippen molar-refractivity contribution < 1.29 is 21.6 Å². The van der Waals surface area contributed by atoms with Crippen LogP contribution in [0.1, 0.15) is 17.5 Å². The first-order valence-electron chi connectivity index (χ1n) is 6.13. The molecule has 1 heterocycles. The Balaban J connectivity index is 0.00000220. The largest absolute Gasteiger partial charge is 0.416 e. The number of sulfonamides is 1. The van der Waals surface area contributed by atoms with Crippen molar-refractivity contribution in [3.8, 4) is 0 Å². The molecule has 1 saturated heterocycles. The van der Waals surface area contributed by atoms with Crippen molar-refractivity contribution in [3.63, 3.8) is 0 Å². The zero-order chi connectivity index (χ0) is 14.8. The van der Waals surface area contributed by atoms with Gasteiger partial charge in [-0.1, -0.05) is 18.2 Å². The second kappa shape index (κ2) is 6.95. The van der Waals surface area contributed by atoms with Crippen LogP contribution in [0.2, 0.25) is 0 Å². The van der Waals surface area contributed by atoms with E-state index in [4.69, 9.17) is 0 Å². The Hall–Kier alpha value is -0.830. The van der Waals surface area contributed by atoms with E-state index in [-0.39, 0.29) is 24.0 Å². The molecule has 1 unspecified atom stereocenters. The van der Waals surface area contributed by atoms with Gasteiger partial charge in [-0.3, -0.25) is 0 Å². The molecular weight excluding hydrogens is 329 g/mol. The highest BCUT2D eigenvalue weighted by molar-refractivity contribution is 7.88. The molecule has 1 aromatic rings. The van der Waals surface area contributed by atoms with Crippen molar-refractivity contribution >= 4 is 22.4 Å². The van der Waals surface area contributed by atoms with Crippen molar-refractivity contribution in [3.05, 3.63) is 35.4 Å². The summed E-state index contributed by atoms with van der Waals surface area (Å²) in [6.45, 7) is 1.28. The zero-order valence-corrected chi connectivity index (χ0v) is 12.6. The summed E-state index contributed by atoms with van der Waals surface area (Å²) in [6, 6.07) is 4.19. The summed E-state index contributed by atoms with van der Waals surface area (Å²) in [7, 11) is -3.64. The monoisotopic (exact) mass is 344 g/mol. The van der Waals surface area contributed by atoms with E-state index in [0.717, 1.165) is 18.7 Å². The fourth-order valence-electron chi connectivity index (χ4n) is 2.11. The predicted molar refractivity (Wildman–Crippen MR) is 75.7 cm³/mol. The third-order valence-corrected chi connectivity index (χ3v) is 4.42. The highest BCUT2D eigenvalue weighted by Crippen LogP contribution is 2.29. The summed E-state index contributed by atoms with van der Waals surface area (Å²) < 4.78 is 63.9. The van der Waals surface area contributed by atoms with Gasteiger partial charge in [0.1, 0.15) is 0 Å². The van der Waals surface area contributed by atoms with E-state index in [1.165, 1.54) is 12.1 Å². The fourth-order valence-corrected chi connectivity index (χ4v) is 3.52. The van der Waals surface area contributed by atoms with Crippen LogP contribution in [0.5, 0.6) is 0 Å². The van der Waals surface area contributed by atoms with Gasteiger partial charge in [0.05, 0.1) is 11.3 Å². The Kier molecular flexibility index (Phi) is 6.03. The first kappa shape index (κ1) is 18.2. The van der Waals surface area contributed by atoms with E-state index >= 15 is 0 Å². The predicted octanol–water partition coefficient (Wildman–Crippen LogP) is 1.91. The molecule has 1 atom stereocenters. The number of alkyl halides is 3. The number of benzene rings is 1. The van der Waals surface area contributed by atoms with Gasteiger partial charge in [-0.05, 0) is 24.6 Å². The highest BCUT2D eigenvalue weighted by Gasteiger charge is 2.31. The summed E-state index contributed by atoms with van der Waals surface area (Å²) in [5.41, 5.74) is -0.717. The minimum Gasteiger partial charge on any atom is -0.315 e. The Morgan fingerprint density at radius 3 is 2.62 bits per heavy atom. The maximum atomic E-state index is 12.6. The number of nitrogens with one attached hydrogen (secondary N) is 2. The number of hydrogen-bond donors (Lipinski definition) is 2. The number of rotatable bonds is 4. The normalized spacial score (nSPS) is 19.3. The lowest BCUT2D eigenvalue weighted by Crippen LogP contribution is -2.36. The van der Waals surface area contributed by atoms with Gasteiger partial charge in [0, 0.05) is 12.6 Å². The molecule has 0 saturated carbocycles. The summed E-state index contributed by atoms with van der Waals surface area (Å²) in [5.74, 6) is -0.451. The van der Waals surface area contributed by atoms with Gasteiger partial charge < -0.3 is 5.32 Å². The van der Waals surface area contributed by atoms with Gasteiger partial charge >= 0.3 is 6.18 Å². The lowest BCUT2D eigenvalue weighted by atomic mass is 10.1. The molecule has 0 bridgehead atoms. The topological polar surface area (TPSA) is 58.2 Å². The molecule has 0 amide bonds. The first-order chi connectivity index (χ1) is 9.26. The molecule has 2 N–H and O–H groups in total. The molecule has 120 valence electrons. The number of halogens is 4. The van der Waals surface area contributed by atoms with Crippen LogP contribution in [0.25, 0.3) is 0 Å². The molecule has 1 aromatic carbocycles. The SMILES string of the molecule is Cl.O=S(=O)(Cc1cccc(C(F)(F)F)c1)NC1CCNC1. The van der Waals surface area contributed by atoms with Crippen LogP contribution in [0, 0.1) is 0 Å². The van der Waals surface area contributed by atoms with Crippen LogP contribution in [0.4, 0.5) is 13.2 Å². The van der Waals surface area contributed by atoms with Crippen molar-refractivity contribution in [1.29, 1.82) is 0 Å². The third kappa shape index (κ3) is 5.46. The highest BCUT2D eigenvalue weighted by atomic mass is 35.5. The van der Waals surface area contributed by atoms with Crippen molar-refractivity contribution in [2.75, 3.05) is 13.1 Å². The lowest BCUT2D eigenvalue weighted by Gasteiger charge is -2.13. The Morgan fingerprint density at radius 1 is 1.33 bits per heavy atom. The second-order valence-electron chi connectivity index (χ2n) is 4.76. The van der Waals surface area contributed by atoms with Crippen molar-refractivity contribution in [2.45, 2.75) is 24.4 Å². The van der Waals surface area contributed by atoms with Crippen LogP contribution in [0.15, 0.2) is 24.3 Å². The quantitative estimate of drug-likeness (QED) is 0.877. The molecule has 0 aromatic heterocycles. The van der Waals surface area contributed by atoms with Gasteiger partial charge in [-0.2, -0.15) is 13.2 Å². The van der Waals surface area contributed by atoms with Gasteiger partial charge in [0.25, 0.3) is 0 Å². The van der Waals surface area contributed by atoms with Gasteiger partial charge in [0.2, 0.25) is 10.0 Å². The molecule has 21 heavy (non-hydrogen) atoms. The average Bonchev–Trinajstić information content (AvgIpc) is 2.79. The molecular formula is C12H16ClF3N2O2S. The first-order valence-corrected chi connectivity index (χ1v) is 7.78. The van der Waals surface area contributed by atoms with E-state index in [2.05, 4.69) is 10.0 Å². The fraction of sp³-hybridized carbons (Fsp3) is 0.500. The minimum atomic E-state index is -4.47. The van der Waals surface area contributed by atoms with E-state index in [1.807, 2.05) is 0 Å². The molecule has 4 nitrogen and oxygen atoms in total. The van der Waals surface area contributed by atoms with Crippen LogP contribution in [-0.2, 0) is 22.0 Å². The van der Waals surface area contributed by atoms with E-state index in [0.29, 0.717) is 13.0 Å². The summed E-state index contributed by atoms with van der Waals surface area (Å²) >= 11 is 0. The van der Waals surface area contributed by atoms with Gasteiger partial charge in [-0.15, -0.1) is 12.4 Å². The Labute approximate surface area is 127 Å². The third-order valence-electron chi connectivity index (χ3n) is 3.02.